The van der Waals surface area contributed by atoms with E-state index >= 15 is 0 Å². The van der Waals surface area contributed by atoms with Crippen LogP contribution in [0.15, 0.2) is 78.1 Å². The van der Waals surface area contributed by atoms with Gasteiger partial charge in [-0.3, -0.25) is 4.98 Å². The lowest BCUT2D eigenvalue weighted by Gasteiger charge is -2.07. The highest BCUT2D eigenvalue weighted by atomic mass is 16.4. The first-order chi connectivity index (χ1) is 12.2. The number of carboxylic acid groups (broad SMARTS) is 1. The summed E-state index contributed by atoms with van der Waals surface area (Å²) in [7, 11) is 0. The van der Waals surface area contributed by atoms with Gasteiger partial charge in [0.05, 0.1) is 11.3 Å². The van der Waals surface area contributed by atoms with Gasteiger partial charge in [0, 0.05) is 12.6 Å². The van der Waals surface area contributed by atoms with E-state index in [1.807, 2.05) is 54.6 Å². The molecular formula is C20H16N2O3. The van der Waals surface area contributed by atoms with Gasteiger partial charge >= 0.3 is 5.97 Å². The van der Waals surface area contributed by atoms with Crippen molar-refractivity contribution in [1.29, 1.82) is 0 Å². The number of aromatic carboxylic acids is 1. The van der Waals surface area contributed by atoms with Crippen molar-refractivity contribution in [3.05, 3.63) is 89.7 Å². The van der Waals surface area contributed by atoms with Crippen molar-refractivity contribution >= 4 is 11.7 Å². The molecule has 0 aliphatic heterocycles. The highest BCUT2D eigenvalue weighted by Gasteiger charge is 2.11. The van der Waals surface area contributed by atoms with Gasteiger partial charge in [-0.25, -0.2) is 4.79 Å². The van der Waals surface area contributed by atoms with Crippen LogP contribution in [0.25, 0.3) is 11.1 Å². The zero-order chi connectivity index (χ0) is 17.6. The summed E-state index contributed by atoms with van der Waals surface area (Å²) < 4.78 is 0. The fourth-order valence-corrected chi connectivity index (χ4v) is 2.54. The first-order valence-electron chi connectivity index (χ1n) is 7.72. The maximum Gasteiger partial charge on any atom is 0.335 e. The lowest BCUT2D eigenvalue weighted by molar-refractivity contribution is 0.0696. The first-order valence-corrected chi connectivity index (χ1v) is 7.72. The smallest absolute Gasteiger partial charge is 0.335 e. The molecule has 0 unspecified atom stereocenters. The first kappa shape index (κ1) is 16.4. The minimum absolute atomic E-state index is 0.102. The molecule has 25 heavy (non-hydrogen) atoms. The Balaban J connectivity index is 1.81. The van der Waals surface area contributed by atoms with Gasteiger partial charge in [-0.1, -0.05) is 59.8 Å². The van der Waals surface area contributed by atoms with Crippen LogP contribution in [0.4, 0.5) is 0 Å². The standard InChI is InChI=1S/C20H16N2O3/c23-20(24)17-10-11-21-18(13-17)19(22-25)12-14-6-8-16(9-7-14)15-4-2-1-3-5-15/h1-11,13,25H,12H2,(H,23,24)/b22-19+. The van der Waals surface area contributed by atoms with Gasteiger partial charge in [0.1, 0.15) is 5.71 Å². The lowest BCUT2D eigenvalue weighted by atomic mass is 10.0. The number of nitrogens with zero attached hydrogens (tertiary/aromatic N) is 2. The fraction of sp³-hybridized carbons (Fsp3) is 0.0500. The number of aromatic nitrogens is 1. The third-order valence-corrected chi connectivity index (χ3v) is 3.86. The van der Waals surface area contributed by atoms with Crippen LogP contribution in [0.3, 0.4) is 0 Å². The van der Waals surface area contributed by atoms with Crippen molar-refractivity contribution < 1.29 is 15.1 Å². The Bertz CT molecular complexity index is 904. The molecule has 5 heteroatoms. The number of hydrogen-bond acceptors (Lipinski definition) is 4. The van der Waals surface area contributed by atoms with E-state index in [4.69, 9.17) is 5.11 Å². The van der Waals surface area contributed by atoms with Crippen molar-refractivity contribution in [2.24, 2.45) is 5.16 Å². The van der Waals surface area contributed by atoms with E-state index in [1.54, 1.807) is 0 Å². The summed E-state index contributed by atoms with van der Waals surface area (Å²) in [5.74, 6) is -1.05. The number of oxime groups is 1. The molecule has 0 saturated carbocycles. The Morgan fingerprint density at radius 3 is 2.28 bits per heavy atom. The van der Waals surface area contributed by atoms with Gasteiger partial charge in [-0.15, -0.1) is 0 Å². The molecule has 3 aromatic rings. The second-order valence-electron chi connectivity index (χ2n) is 5.52. The normalized spacial score (nSPS) is 11.3. The molecule has 0 atom stereocenters. The van der Waals surface area contributed by atoms with Crippen LogP contribution in [-0.2, 0) is 6.42 Å². The second kappa shape index (κ2) is 7.40. The third-order valence-electron chi connectivity index (χ3n) is 3.86. The molecular weight excluding hydrogens is 316 g/mol. The largest absolute Gasteiger partial charge is 0.478 e. The van der Waals surface area contributed by atoms with Crippen LogP contribution >= 0.6 is 0 Å². The molecule has 124 valence electrons. The van der Waals surface area contributed by atoms with E-state index in [1.165, 1.54) is 18.3 Å². The van der Waals surface area contributed by atoms with Gasteiger partial charge in [0.15, 0.2) is 0 Å². The Hall–Kier alpha value is -3.47. The number of benzene rings is 2. The minimum atomic E-state index is -1.05. The van der Waals surface area contributed by atoms with Crippen LogP contribution in [0.5, 0.6) is 0 Å². The van der Waals surface area contributed by atoms with Gasteiger partial charge in [0.2, 0.25) is 0 Å². The van der Waals surface area contributed by atoms with E-state index in [9.17, 15) is 10.0 Å². The Labute approximate surface area is 144 Å². The average Bonchev–Trinajstić information content (AvgIpc) is 2.67. The van der Waals surface area contributed by atoms with E-state index in [2.05, 4.69) is 10.1 Å². The third kappa shape index (κ3) is 3.90. The van der Waals surface area contributed by atoms with Crippen molar-refractivity contribution in [1.82, 2.24) is 4.98 Å². The van der Waals surface area contributed by atoms with E-state index in [-0.39, 0.29) is 5.56 Å². The quantitative estimate of drug-likeness (QED) is 0.422. The van der Waals surface area contributed by atoms with Crippen LogP contribution in [0.1, 0.15) is 21.6 Å². The summed E-state index contributed by atoms with van der Waals surface area (Å²) in [6.45, 7) is 0. The van der Waals surface area contributed by atoms with Crippen LogP contribution in [0.2, 0.25) is 0 Å². The zero-order valence-electron chi connectivity index (χ0n) is 13.3. The molecule has 0 fully saturated rings. The summed E-state index contributed by atoms with van der Waals surface area (Å²) in [5.41, 5.74) is 3.92. The molecule has 2 N–H and O–H groups in total. The summed E-state index contributed by atoms with van der Waals surface area (Å²) in [5, 5.41) is 21.7. The zero-order valence-corrected chi connectivity index (χ0v) is 13.3. The summed E-state index contributed by atoms with van der Waals surface area (Å²) in [6.07, 6.45) is 1.74. The average molecular weight is 332 g/mol. The highest BCUT2D eigenvalue weighted by molar-refractivity contribution is 6.01. The van der Waals surface area contributed by atoms with E-state index < -0.39 is 5.97 Å². The van der Waals surface area contributed by atoms with Crippen molar-refractivity contribution in [2.45, 2.75) is 6.42 Å². The number of pyridine rings is 1. The molecule has 0 aliphatic carbocycles. The maximum absolute atomic E-state index is 11.1. The number of rotatable bonds is 5. The van der Waals surface area contributed by atoms with Crippen molar-refractivity contribution in [3.8, 4) is 11.1 Å². The molecule has 5 nitrogen and oxygen atoms in total. The molecule has 0 bridgehead atoms. The topological polar surface area (TPSA) is 82.8 Å². The van der Waals surface area contributed by atoms with Gasteiger partial charge in [0.25, 0.3) is 0 Å². The van der Waals surface area contributed by atoms with E-state index in [0.717, 1.165) is 16.7 Å². The molecule has 0 amide bonds. The fourth-order valence-electron chi connectivity index (χ4n) is 2.54. The van der Waals surface area contributed by atoms with Gasteiger partial charge in [-0.2, -0.15) is 0 Å². The SMILES string of the molecule is O=C(O)c1ccnc(/C(Cc2ccc(-c3ccccc3)cc2)=N/O)c1. The Morgan fingerprint density at radius 2 is 1.64 bits per heavy atom. The van der Waals surface area contributed by atoms with Crippen LogP contribution in [0, 0.1) is 0 Å². The second-order valence-corrected chi connectivity index (χ2v) is 5.52. The van der Waals surface area contributed by atoms with E-state index in [0.29, 0.717) is 17.8 Å². The monoisotopic (exact) mass is 332 g/mol. The Morgan fingerprint density at radius 1 is 0.960 bits per heavy atom. The molecule has 0 aliphatic rings. The van der Waals surface area contributed by atoms with Gasteiger partial charge in [-0.05, 0) is 28.8 Å². The van der Waals surface area contributed by atoms with Crippen molar-refractivity contribution in [3.63, 3.8) is 0 Å². The molecule has 0 radical (unpaired) electrons. The molecule has 1 heterocycles. The minimum Gasteiger partial charge on any atom is -0.478 e. The Kier molecular flexibility index (Phi) is 4.85. The van der Waals surface area contributed by atoms with Crippen LogP contribution in [-0.4, -0.2) is 27.0 Å². The highest BCUT2D eigenvalue weighted by Crippen LogP contribution is 2.20. The van der Waals surface area contributed by atoms with Gasteiger partial charge < -0.3 is 10.3 Å². The van der Waals surface area contributed by atoms with Crippen LogP contribution < -0.4 is 0 Å². The predicted octanol–water partition coefficient (Wildman–Crippen LogP) is 3.87. The summed E-state index contributed by atoms with van der Waals surface area (Å²) in [6, 6.07) is 20.7. The number of carbonyl (C=O) groups is 1. The molecule has 1 aromatic heterocycles. The molecule has 3 rings (SSSR count). The maximum atomic E-state index is 11.1. The lowest BCUT2D eigenvalue weighted by Crippen LogP contribution is -2.09. The summed E-state index contributed by atoms with van der Waals surface area (Å²) >= 11 is 0. The predicted molar refractivity (Wildman–Crippen MR) is 95.1 cm³/mol. The summed E-state index contributed by atoms with van der Waals surface area (Å²) in [4.78, 5) is 15.2. The molecule has 0 saturated heterocycles. The number of hydrogen-bond donors (Lipinski definition) is 2. The molecule has 0 spiro atoms. The molecule has 2 aromatic carbocycles. The number of carboxylic acids is 1. The van der Waals surface area contributed by atoms with Crippen molar-refractivity contribution in [2.75, 3.05) is 0 Å².